The number of aryl methyl sites for hydroxylation is 1. The summed E-state index contributed by atoms with van der Waals surface area (Å²) in [7, 11) is 0. The van der Waals surface area contributed by atoms with Crippen LogP contribution in [-0.2, 0) is 0 Å². The van der Waals surface area contributed by atoms with Gasteiger partial charge in [0.2, 0.25) is 0 Å². The zero-order chi connectivity index (χ0) is 17.3. The van der Waals surface area contributed by atoms with Crippen LogP contribution >= 0.6 is 0 Å². The number of hydrogen-bond donors (Lipinski definition) is 0. The molecule has 0 bridgehead atoms. The Morgan fingerprint density at radius 1 is 1.04 bits per heavy atom. The second-order valence-corrected chi connectivity index (χ2v) is 4.87. The van der Waals surface area contributed by atoms with Crippen LogP contribution in [0.15, 0.2) is 42.6 Å². The van der Waals surface area contributed by atoms with Crippen LogP contribution in [0, 0.1) is 27.2 Å². The minimum absolute atomic E-state index is 0.0751. The van der Waals surface area contributed by atoms with E-state index in [1.807, 2.05) is 0 Å². The van der Waals surface area contributed by atoms with E-state index in [-0.39, 0.29) is 17.3 Å². The van der Waals surface area contributed by atoms with Crippen molar-refractivity contribution in [2.24, 2.45) is 0 Å². The molecule has 0 atom stereocenters. The van der Waals surface area contributed by atoms with Crippen LogP contribution in [0.1, 0.15) is 5.69 Å². The predicted molar refractivity (Wildman–Crippen MR) is 82.6 cm³/mol. The molecule has 2 aromatic heterocycles. The van der Waals surface area contributed by atoms with Gasteiger partial charge >= 0.3 is 5.82 Å². The first kappa shape index (κ1) is 15.2. The van der Waals surface area contributed by atoms with Crippen LogP contribution < -0.4 is 0 Å². The monoisotopic (exact) mass is 326 g/mol. The van der Waals surface area contributed by atoms with Crippen molar-refractivity contribution in [1.29, 1.82) is 0 Å². The highest BCUT2D eigenvalue weighted by Crippen LogP contribution is 2.22. The molecule has 0 fully saturated rings. The molecule has 0 N–H and O–H groups in total. The van der Waals surface area contributed by atoms with Crippen LogP contribution in [0.2, 0.25) is 0 Å². The first-order chi connectivity index (χ1) is 11.4. The Hall–Kier alpha value is -3.69. The van der Waals surface area contributed by atoms with Gasteiger partial charge in [0.1, 0.15) is 0 Å². The molecule has 10 nitrogen and oxygen atoms in total. The van der Waals surface area contributed by atoms with Gasteiger partial charge in [0.05, 0.1) is 22.3 Å². The lowest BCUT2D eigenvalue weighted by molar-refractivity contribution is -0.389. The van der Waals surface area contributed by atoms with Gasteiger partial charge in [-0.3, -0.25) is 10.1 Å². The zero-order valence-corrected chi connectivity index (χ0v) is 12.4. The Kier molecular flexibility index (Phi) is 3.70. The molecule has 1 aromatic carbocycles. The van der Waals surface area contributed by atoms with Crippen molar-refractivity contribution in [3.8, 4) is 17.2 Å². The van der Waals surface area contributed by atoms with Crippen molar-refractivity contribution in [2.75, 3.05) is 0 Å². The van der Waals surface area contributed by atoms with E-state index < -0.39 is 9.85 Å². The average Bonchev–Trinajstić information content (AvgIpc) is 3.05. The van der Waals surface area contributed by atoms with Crippen LogP contribution in [0.4, 0.5) is 11.5 Å². The predicted octanol–water partition coefficient (Wildman–Crippen LogP) is 2.45. The lowest BCUT2D eigenvalue weighted by Crippen LogP contribution is -2.03. The van der Waals surface area contributed by atoms with Gasteiger partial charge in [0, 0.05) is 29.5 Å². The van der Waals surface area contributed by atoms with Crippen LogP contribution in [-0.4, -0.2) is 29.6 Å². The third-order valence-corrected chi connectivity index (χ3v) is 3.15. The van der Waals surface area contributed by atoms with Gasteiger partial charge in [-0.15, -0.1) is 4.68 Å². The molecule has 0 spiro atoms. The van der Waals surface area contributed by atoms with Gasteiger partial charge < -0.3 is 10.1 Å². The number of rotatable bonds is 4. The fourth-order valence-corrected chi connectivity index (χ4v) is 2.10. The molecule has 24 heavy (non-hydrogen) atoms. The highest BCUT2D eigenvalue weighted by Gasteiger charge is 2.16. The van der Waals surface area contributed by atoms with E-state index in [2.05, 4.69) is 15.1 Å². The molecule has 3 aromatic rings. The topological polar surface area (TPSA) is 130 Å². The Balaban J connectivity index is 2.07. The second-order valence-electron chi connectivity index (χ2n) is 4.87. The molecule has 0 aliphatic heterocycles. The molecule has 0 amide bonds. The molecule has 2 heterocycles. The summed E-state index contributed by atoms with van der Waals surface area (Å²) in [6, 6.07) is 8.79. The number of aromatic nitrogens is 4. The van der Waals surface area contributed by atoms with E-state index in [1.54, 1.807) is 19.1 Å². The largest absolute Gasteiger partial charge is 0.390 e. The van der Waals surface area contributed by atoms with Crippen LogP contribution in [0.3, 0.4) is 0 Å². The molecule has 0 saturated heterocycles. The molecule has 0 radical (unpaired) electrons. The summed E-state index contributed by atoms with van der Waals surface area (Å²) in [5.74, 6) is 0.298. The maximum atomic E-state index is 10.9. The first-order valence-electron chi connectivity index (χ1n) is 6.75. The molecule has 0 saturated carbocycles. The van der Waals surface area contributed by atoms with E-state index in [0.29, 0.717) is 17.1 Å². The fraction of sp³-hybridized carbons (Fsp3) is 0.0714. The summed E-state index contributed by atoms with van der Waals surface area (Å²) < 4.78 is 1.26. The number of nitrogens with zero attached hydrogens (tertiary/aromatic N) is 6. The summed E-state index contributed by atoms with van der Waals surface area (Å²) in [5.41, 5.74) is 0.990. The minimum atomic E-state index is -0.605. The third kappa shape index (κ3) is 2.92. The summed E-state index contributed by atoms with van der Waals surface area (Å²) in [4.78, 5) is 29.1. The number of nitro benzene ring substituents is 1. The lowest BCUT2D eigenvalue weighted by atomic mass is 10.2. The van der Waals surface area contributed by atoms with Gasteiger partial charge in [-0.25, -0.2) is 9.97 Å². The second kappa shape index (κ2) is 5.83. The summed E-state index contributed by atoms with van der Waals surface area (Å²) in [6.07, 6.45) is 1.41. The van der Waals surface area contributed by atoms with Crippen molar-refractivity contribution < 1.29 is 9.85 Å². The zero-order valence-electron chi connectivity index (χ0n) is 12.4. The van der Waals surface area contributed by atoms with E-state index in [4.69, 9.17) is 0 Å². The molecule has 3 rings (SSSR count). The van der Waals surface area contributed by atoms with Crippen LogP contribution in [0.5, 0.6) is 0 Å². The smallest absolute Gasteiger partial charge is 0.358 e. The van der Waals surface area contributed by atoms with E-state index in [0.717, 1.165) is 0 Å². The molecule has 0 aliphatic carbocycles. The van der Waals surface area contributed by atoms with Gasteiger partial charge in [-0.1, -0.05) is 12.1 Å². The fourth-order valence-electron chi connectivity index (χ4n) is 2.10. The Labute approximate surface area is 134 Å². The Bertz CT molecular complexity index is 952. The van der Waals surface area contributed by atoms with Gasteiger partial charge in [0.15, 0.2) is 11.6 Å². The van der Waals surface area contributed by atoms with Gasteiger partial charge in [0.25, 0.3) is 5.69 Å². The standard InChI is InChI=1S/C14H10N6O4/c1-9-7-13(18-6-5-12(17-18)20(23)24)16-14(15-9)10-3-2-4-11(8-10)19(21)22/h2-8H,1H3. The molecular formula is C14H10N6O4. The Morgan fingerprint density at radius 3 is 2.50 bits per heavy atom. The molecule has 0 unspecified atom stereocenters. The maximum absolute atomic E-state index is 10.9. The first-order valence-corrected chi connectivity index (χ1v) is 6.75. The molecule has 120 valence electrons. The average molecular weight is 326 g/mol. The molecular weight excluding hydrogens is 316 g/mol. The number of non-ortho nitro benzene ring substituents is 1. The summed E-state index contributed by atoms with van der Waals surface area (Å²) in [5, 5.41) is 25.4. The SMILES string of the molecule is Cc1cc(-n2ccc([N+](=O)[O-])n2)nc(-c2cccc([N+](=O)[O-])c2)n1. The number of hydrogen-bond acceptors (Lipinski definition) is 7. The summed E-state index contributed by atoms with van der Waals surface area (Å²) in [6.45, 7) is 1.73. The van der Waals surface area contributed by atoms with E-state index in [9.17, 15) is 20.2 Å². The van der Waals surface area contributed by atoms with Gasteiger partial charge in [-0.2, -0.15) is 0 Å². The normalized spacial score (nSPS) is 10.5. The van der Waals surface area contributed by atoms with Crippen molar-refractivity contribution in [3.05, 3.63) is 68.5 Å². The van der Waals surface area contributed by atoms with Crippen molar-refractivity contribution in [2.45, 2.75) is 6.92 Å². The van der Waals surface area contributed by atoms with Gasteiger partial charge in [-0.05, 0) is 11.8 Å². The minimum Gasteiger partial charge on any atom is -0.358 e. The van der Waals surface area contributed by atoms with Crippen LogP contribution in [0.25, 0.3) is 17.2 Å². The lowest BCUT2D eigenvalue weighted by Gasteiger charge is -2.04. The molecule has 0 aliphatic rings. The maximum Gasteiger partial charge on any atom is 0.390 e. The van der Waals surface area contributed by atoms with Crippen molar-refractivity contribution >= 4 is 11.5 Å². The molecule has 10 heteroatoms. The number of nitro groups is 2. The Morgan fingerprint density at radius 2 is 1.83 bits per heavy atom. The van der Waals surface area contributed by atoms with Crippen molar-refractivity contribution in [1.82, 2.24) is 19.7 Å². The highest BCUT2D eigenvalue weighted by atomic mass is 16.6. The van der Waals surface area contributed by atoms with Crippen molar-refractivity contribution in [3.63, 3.8) is 0 Å². The van der Waals surface area contributed by atoms with E-state index in [1.165, 1.54) is 35.1 Å². The third-order valence-electron chi connectivity index (χ3n) is 3.15. The quantitative estimate of drug-likeness (QED) is 0.531. The summed E-state index contributed by atoms with van der Waals surface area (Å²) >= 11 is 0. The van der Waals surface area contributed by atoms with E-state index >= 15 is 0 Å². The highest BCUT2D eigenvalue weighted by molar-refractivity contribution is 5.60. The number of benzene rings is 1.